The fourth-order valence-electron chi connectivity index (χ4n) is 3.11. The van der Waals surface area contributed by atoms with Crippen molar-refractivity contribution < 1.29 is 43.0 Å². The van der Waals surface area contributed by atoms with E-state index in [9.17, 15) is 22.0 Å². The first-order chi connectivity index (χ1) is 17.2. The van der Waals surface area contributed by atoms with Gasteiger partial charge >= 0.3 is 6.18 Å². The van der Waals surface area contributed by atoms with Crippen LogP contribution in [0.4, 0.5) is 33.3 Å². The summed E-state index contributed by atoms with van der Waals surface area (Å²) in [5, 5.41) is 5.59. The third kappa shape index (κ3) is 7.20. The number of hydrogen-bond acceptors (Lipinski definition) is 5. The first kappa shape index (κ1) is 27.9. The Hall–Kier alpha value is -3.65. The summed E-state index contributed by atoms with van der Waals surface area (Å²) in [7, 11) is 0. The molecule has 2 aromatic carbocycles. The fourth-order valence-corrected chi connectivity index (χ4v) is 3.11. The Morgan fingerprint density at radius 3 is 2.32 bits per heavy atom. The summed E-state index contributed by atoms with van der Waals surface area (Å²) < 4.78 is 63.3. The van der Waals surface area contributed by atoms with Crippen molar-refractivity contribution in [2.75, 3.05) is 9.91 Å². The predicted octanol–water partition coefficient (Wildman–Crippen LogP) is 6.42. The van der Waals surface area contributed by atoms with Crippen LogP contribution in [-0.4, -0.2) is 16.3 Å². The summed E-state index contributed by atoms with van der Waals surface area (Å²) in [6.07, 6.45) is -1.22. The van der Waals surface area contributed by atoms with E-state index < -0.39 is 23.6 Å². The van der Waals surface area contributed by atoms with Crippen LogP contribution in [-0.2, 0) is 27.2 Å². The van der Waals surface area contributed by atoms with Gasteiger partial charge in [-0.3, -0.25) is 4.98 Å². The van der Waals surface area contributed by atoms with Gasteiger partial charge in [-0.2, -0.15) is 36.5 Å². The second-order valence-electron chi connectivity index (χ2n) is 7.50. The van der Waals surface area contributed by atoms with Crippen LogP contribution < -0.4 is 9.91 Å². The maximum absolute atomic E-state index is 13.2. The van der Waals surface area contributed by atoms with E-state index >= 15 is 0 Å². The molecule has 194 valence electrons. The number of anilines is 2. The summed E-state index contributed by atoms with van der Waals surface area (Å²) in [5.41, 5.74) is 2.06. The van der Waals surface area contributed by atoms with Crippen LogP contribution in [0.5, 0.6) is 0 Å². The molecule has 0 N–H and O–H groups in total. The molecule has 0 radical (unpaired) electrons. The molecule has 0 saturated heterocycles. The zero-order chi connectivity index (χ0) is 25.7. The van der Waals surface area contributed by atoms with Crippen molar-refractivity contribution in [1.82, 2.24) is 9.97 Å². The fraction of sp³-hybridized carbons (Fsp3) is 0.0769. The second kappa shape index (κ2) is 12.1. The molecule has 0 unspecified atom stereocenters. The largest absolute Gasteiger partial charge is 0.463 e. The molecule has 0 atom stereocenters. The number of benzene rings is 2. The quantitative estimate of drug-likeness (QED) is 0.142. The van der Waals surface area contributed by atoms with Gasteiger partial charge in [-0.05, 0) is 30.8 Å². The molecule has 37 heavy (non-hydrogen) atoms. The summed E-state index contributed by atoms with van der Waals surface area (Å²) >= 11 is 0. The van der Waals surface area contributed by atoms with Crippen LogP contribution in [0.1, 0.15) is 11.1 Å². The Balaban J connectivity index is 0.000000211. The molecule has 5 nitrogen and oxygen atoms in total. The molecular weight excluding hydrogens is 672 g/mol. The summed E-state index contributed by atoms with van der Waals surface area (Å²) in [6, 6.07) is 22.3. The number of nitrogens with zero attached hydrogens (tertiary/aromatic N) is 5. The van der Waals surface area contributed by atoms with Crippen molar-refractivity contribution in [1.29, 1.82) is 0 Å². The van der Waals surface area contributed by atoms with E-state index in [-0.39, 0.29) is 26.6 Å². The Labute approximate surface area is 224 Å². The Morgan fingerprint density at radius 2 is 1.70 bits per heavy atom. The first-order valence-electron chi connectivity index (χ1n) is 10.5. The molecule has 5 rings (SSSR count). The first-order valence-corrected chi connectivity index (χ1v) is 10.5. The number of hydrazone groups is 1. The average molecular weight is 690 g/mol. The maximum Gasteiger partial charge on any atom is 0.370 e. The Kier molecular flexibility index (Phi) is 9.10. The van der Waals surface area contributed by atoms with Gasteiger partial charge in [0.25, 0.3) is 0 Å². The predicted molar refractivity (Wildman–Crippen MR) is 125 cm³/mol. The number of aryl methyl sites for hydroxylation is 1. The molecule has 4 aromatic rings. The van der Waals surface area contributed by atoms with Crippen molar-refractivity contribution in [3.8, 4) is 11.3 Å². The van der Waals surface area contributed by atoms with Gasteiger partial charge in [-0.25, -0.2) is 8.78 Å². The molecule has 2 aromatic heterocycles. The Morgan fingerprint density at radius 1 is 0.946 bits per heavy atom. The summed E-state index contributed by atoms with van der Waals surface area (Å²) in [5.74, 6) is -1.78. The normalized spacial score (nSPS) is 12.6. The van der Waals surface area contributed by atoms with Gasteiger partial charge in [0.1, 0.15) is 11.9 Å². The van der Waals surface area contributed by atoms with Gasteiger partial charge in [0.05, 0.1) is 6.34 Å². The van der Waals surface area contributed by atoms with Gasteiger partial charge in [0.15, 0.2) is 0 Å². The van der Waals surface area contributed by atoms with Crippen LogP contribution in [0, 0.1) is 37.6 Å². The molecule has 0 saturated carbocycles. The van der Waals surface area contributed by atoms with E-state index in [4.69, 9.17) is 0 Å². The smallest absolute Gasteiger partial charge is 0.370 e. The Bertz CT molecular complexity index is 1350. The van der Waals surface area contributed by atoms with Crippen LogP contribution in [0.25, 0.3) is 11.3 Å². The zero-order valence-corrected chi connectivity index (χ0v) is 21.3. The minimum absolute atomic E-state index is 0. The molecule has 1 aliphatic heterocycles. The minimum atomic E-state index is -4.36. The molecule has 1 aliphatic rings. The molecule has 0 spiro atoms. The second-order valence-corrected chi connectivity index (χ2v) is 7.50. The van der Waals surface area contributed by atoms with Crippen molar-refractivity contribution in [3.63, 3.8) is 0 Å². The van der Waals surface area contributed by atoms with Crippen LogP contribution in [0.3, 0.4) is 0 Å². The van der Waals surface area contributed by atoms with E-state index in [1.165, 1.54) is 11.1 Å². The van der Waals surface area contributed by atoms with Gasteiger partial charge in [-0.15, -0.1) is 18.8 Å². The number of alkyl halides is 3. The van der Waals surface area contributed by atoms with Crippen molar-refractivity contribution >= 4 is 17.7 Å². The summed E-state index contributed by atoms with van der Waals surface area (Å²) in [4.78, 5) is 8.81. The van der Waals surface area contributed by atoms with Crippen molar-refractivity contribution in [3.05, 3.63) is 115 Å². The van der Waals surface area contributed by atoms with E-state index in [0.29, 0.717) is 11.4 Å². The molecule has 3 heterocycles. The number of para-hydroxylation sites is 1. The van der Waals surface area contributed by atoms with E-state index in [1.807, 2.05) is 37.3 Å². The molecule has 0 fully saturated rings. The van der Waals surface area contributed by atoms with Crippen LogP contribution in [0.15, 0.2) is 78.0 Å². The SMILES string of the molecule is Cc1ccnc(-c2[c-]cc(F)nc2F)c1.FC(F)(F)c1c[c-]c(N2[CH-]N(c3ccccc3)C=N2)cc1.[Pt]. The zero-order valence-electron chi connectivity index (χ0n) is 19.0. The van der Waals surface area contributed by atoms with Crippen LogP contribution >= 0.6 is 0 Å². The maximum atomic E-state index is 13.2. The standard InChI is InChI=1S/C15H10F3N3.C11H7F2N2.Pt/c16-15(17,18)12-6-8-14(9-7-12)21-11-20(10-19-21)13-4-2-1-3-5-13;1-7-4-5-14-9(6-7)8-2-3-10(12)15-11(8)13;/h1-8,10-11H;3-6H,1H3;/q-2;-1;. The van der Waals surface area contributed by atoms with Gasteiger partial charge in [0.2, 0.25) is 0 Å². The molecular formula is C26H17F5N5Pt-3. The monoisotopic (exact) mass is 689 g/mol. The van der Waals surface area contributed by atoms with E-state index in [0.717, 1.165) is 29.4 Å². The number of pyridine rings is 2. The number of aromatic nitrogens is 2. The van der Waals surface area contributed by atoms with Gasteiger partial charge in [-0.1, -0.05) is 52.7 Å². The average Bonchev–Trinajstić information content (AvgIpc) is 3.35. The number of halogens is 5. The van der Waals surface area contributed by atoms with Crippen molar-refractivity contribution in [2.24, 2.45) is 5.10 Å². The van der Waals surface area contributed by atoms with Gasteiger partial charge in [0, 0.05) is 32.9 Å². The third-order valence-corrected chi connectivity index (χ3v) is 4.88. The molecule has 11 heteroatoms. The minimum Gasteiger partial charge on any atom is -0.463 e. The van der Waals surface area contributed by atoms with Gasteiger partial charge < -0.3 is 14.9 Å². The molecule has 0 amide bonds. The van der Waals surface area contributed by atoms with Crippen molar-refractivity contribution in [2.45, 2.75) is 13.1 Å². The third-order valence-electron chi connectivity index (χ3n) is 4.88. The van der Waals surface area contributed by atoms with E-state index in [2.05, 4.69) is 27.2 Å². The molecule has 0 bridgehead atoms. The summed E-state index contributed by atoms with van der Waals surface area (Å²) in [6.45, 7) is 3.54. The number of rotatable bonds is 3. The number of hydrogen-bond donors (Lipinski definition) is 0. The van der Waals surface area contributed by atoms with Crippen LogP contribution in [0.2, 0.25) is 0 Å². The topological polar surface area (TPSA) is 44.6 Å². The van der Waals surface area contributed by atoms with E-state index in [1.54, 1.807) is 36.2 Å². The molecule has 0 aliphatic carbocycles.